The highest BCUT2D eigenvalue weighted by Gasteiger charge is 2.45. The lowest BCUT2D eigenvalue weighted by atomic mass is 9.87. The smallest absolute Gasteiger partial charge is 0.141 e. The third-order valence-corrected chi connectivity index (χ3v) is 8.14. The van der Waals surface area contributed by atoms with Crippen LogP contribution in [0.15, 0.2) is 35.2 Å². The molecule has 2 fully saturated rings. The zero-order chi connectivity index (χ0) is 22.4. The van der Waals surface area contributed by atoms with Gasteiger partial charge in [-0.15, -0.1) is 11.8 Å². The van der Waals surface area contributed by atoms with Crippen molar-refractivity contribution in [2.45, 2.75) is 66.3 Å². The van der Waals surface area contributed by atoms with Crippen molar-refractivity contribution in [3.8, 4) is 5.75 Å². The molecule has 2 aromatic rings. The molecular weight excluding hydrogens is 452 g/mol. The van der Waals surface area contributed by atoms with Crippen LogP contribution in [0.25, 0.3) is 0 Å². The molecule has 0 radical (unpaired) electrons. The molecule has 172 valence electrons. The first kappa shape index (κ1) is 22.5. The van der Waals surface area contributed by atoms with Crippen molar-refractivity contribution in [3.05, 3.63) is 57.6 Å². The van der Waals surface area contributed by atoms with Gasteiger partial charge in [-0.3, -0.25) is 0 Å². The van der Waals surface area contributed by atoms with Gasteiger partial charge >= 0.3 is 0 Å². The summed E-state index contributed by atoms with van der Waals surface area (Å²) in [5.74, 6) is 0.581. The van der Waals surface area contributed by atoms with Gasteiger partial charge < -0.3 is 29.9 Å². The van der Waals surface area contributed by atoms with Crippen molar-refractivity contribution in [2.75, 3.05) is 13.2 Å². The van der Waals surface area contributed by atoms with E-state index >= 15 is 0 Å². The standard InChI is InChI=1S/C24H27ClO6S/c25-19-13(9-12-1-3-14(4-2-12)32-15-5-6-15)10-17(16-7-8-30-23(16)19)24-22(29)21(28)20(27)18(11-26)31-24/h1-4,10,15,18,20-22,24,26-29H,5-9,11H2. The molecule has 5 unspecified atom stereocenters. The Balaban J connectivity index is 1.46. The minimum Gasteiger partial charge on any atom is -0.491 e. The minimum absolute atomic E-state index is 0.466. The summed E-state index contributed by atoms with van der Waals surface area (Å²) in [7, 11) is 0. The first-order chi connectivity index (χ1) is 15.5. The van der Waals surface area contributed by atoms with E-state index in [4.69, 9.17) is 21.1 Å². The molecule has 1 saturated heterocycles. The molecule has 1 saturated carbocycles. The Kier molecular flexibility index (Phi) is 6.42. The van der Waals surface area contributed by atoms with Gasteiger partial charge in [0.1, 0.15) is 36.3 Å². The summed E-state index contributed by atoms with van der Waals surface area (Å²) < 4.78 is 11.6. The largest absolute Gasteiger partial charge is 0.491 e. The van der Waals surface area contributed by atoms with Crippen LogP contribution in [0.4, 0.5) is 0 Å². The van der Waals surface area contributed by atoms with Crippen LogP contribution in [0.5, 0.6) is 5.75 Å². The lowest BCUT2D eigenvalue weighted by molar-refractivity contribution is -0.231. The van der Waals surface area contributed by atoms with E-state index in [2.05, 4.69) is 24.3 Å². The Morgan fingerprint density at radius 3 is 2.47 bits per heavy atom. The van der Waals surface area contributed by atoms with Crippen LogP contribution in [0.3, 0.4) is 0 Å². The highest BCUT2D eigenvalue weighted by Crippen LogP contribution is 2.45. The normalized spacial score (nSPS) is 29.6. The second-order valence-corrected chi connectivity index (χ2v) is 10.5. The molecule has 1 aliphatic carbocycles. The number of hydrogen-bond acceptors (Lipinski definition) is 7. The van der Waals surface area contributed by atoms with E-state index in [9.17, 15) is 20.4 Å². The Morgan fingerprint density at radius 1 is 1.03 bits per heavy atom. The second-order valence-electron chi connectivity index (χ2n) is 8.73. The fourth-order valence-corrected chi connectivity index (χ4v) is 5.78. The van der Waals surface area contributed by atoms with E-state index in [1.165, 1.54) is 17.7 Å². The number of fused-ring (bicyclic) bond motifs is 1. The molecule has 0 spiro atoms. The molecule has 0 bridgehead atoms. The molecule has 2 heterocycles. The van der Waals surface area contributed by atoms with Crippen molar-refractivity contribution in [1.29, 1.82) is 0 Å². The summed E-state index contributed by atoms with van der Waals surface area (Å²) in [6.45, 7) is 0.00180. The maximum Gasteiger partial charge on any atom is 0.141 e. The first-order valence-corrected chi connectivity index (χ1v) is 12.2. The Morgan fingerprint density at radius 2 is 1.78 bits per heavy atom. The van der Waals surface area contributed by atoms with E-state index in [1.807, 2.05) is 17.8 Å². The number of aliphatic hydroxyl groups excluding tert-OH is 4. The SMILES string of the molecule is OCC1OC(c2cc(Cc3ccc(SC4CC4)cc3)c(Cl)c3c2CCO3)C(O)C(O)C1O. The van der Waals surface area contributed by atoms with E-state index in [1.54, 1.807) is 0 Å². The van der Waals surface area contributed by atoms with Gasteiger partial charge in [0.25, 0.3) is 0 Å². The van der Waals surface area contributed by atoms with Crippen LogP contribution in [0, 0.1) is 0 Å². The average molecular weight is 479 g/mol. The van der Waals surface area contributed by atoms with Crippen LogP contribution in [-0.2, 0) is 17.6 Å². The zero-order valence-electron chi connectivity index (χ0n) is 17.5. The van der Waals surface area contributed by atoms with Crippen LogP contribution < -0.4 is 4.74 Å². The molecule has 5 atom stereocenters. The molecule has 6 nitrogen and oxygen atoms in total. The van der Waals surface area contributed by atoms with Crippen LogP contribution in [-0.4, -0.2) is 63.3 Å². The van der Waals surface area contributed by atoms with Crippen molar-refractivity contribution >= 4 is 23.4 Å². The van der Waals surface area contributed by atoms with Gasteiger partial charge in [0.15, 0.2) is 0 Å². The van der Waals surface area contributed by atoms with Crippen LogP contribution in [0.2, 0.25) is 5.02 Å². The van der Waals surface area contributed by atoms with Gasteiger partial charge in [0.05, 0.1) is 18.2 Å². The molecule has 4 N–H and O–H groups in total. The third kappa shape index (κ3) is 4.28. The number of benzene rings is 2. The van der Waals surface area contributed by atoms with Gasteiger partial charge in [-0.25, -0.2) is 0 Å². The lowest BCUT2D eigenvalue weighted by Crippen LogP contribution is -2.55. The van der Waals surface area contributed by atoms with Gasteiger partial charge in [0.2, 0.25) is 0 Å². The third-order valence-electron chi connectivity index (χ3n) is 6.38. The maximum absolute atomic E-state index is 10.7. The summed E-state index contributed by atoms with van der Waals surface area (Å²) >= 11 is 8.62. The van der Waals surface area contributed by atoms with E-state index in [0.29, 0.717) is 35.8 Å². The molecule has 0 aromatic heterocycles. The number of hydrogen-bond donors (Lipinski definition) is 4. The molecule has 3 aliphatic rings. The fourth-order valence-electron chi connectivity index (χ4n) is 4.44. The zero-order valence-corrected chi connectivity index (χ0v) is 19.1. The molecule has 8 heteroatoms. The summed E-state index contributed by atoms with van der Waals surface area (Å²) in [6.07, 6.45) is -2.28. The molecule has 2 aromatic carbocycles. The lowest BCUT2D eigenvalue weighted by Gasteiger charge is -2.40. The van der Waals surface area contributed by atoms with Crippen LogP contribution >= 0.6 is 23.4 Å². The molecule has 5 rings (SSSR count). The Bertz CT molecular complexity index is 977. The van der Waals surface area contributed by atoms with Gasteiger partial charge in [-0.05, 0) is 48.1 Å². The molecule has 0 amide bonds. The minimum atomic E-state index is -1.43. The first-order valence-electron chi connectivity index (χ1n) is 11.0. The van der Waals surface area contributed by atoms with Gasteiger partial charge in [-0.2, -0.15) is 0 Å². The number of ether oxygens (including phenoxy) is 2. The number of rotatable bonds is 6. The van der Waals surface area contributed by atoms with Crippen molar-refractivity contribution in [1.82, 2.24) is 0 Å². The Labute approximate surface area is 196 Å². The summed E-state index contributed by atoms with van der Waals surface area (Å²) in [6, 6.07) is 10.4. The fraction of sp³-hybridized carbons (Fsp3) is 0.500. The highest BCUT2D eigenvalue weighted by atomic mass is 35.5. The average Bonchev–Trinajstić information content (AvgIpc) is 3.47. The van der Waals surface area contributed by atoms with Crippen molar-refractivity contribution in [3.63, 3.8) is 0 Å². The van der Waals surface area contributed by atoms with Gasteiger partial charge in [0, 0.05) is 22.1 Å². The predicted molar refractivity (Wildman–Crippen MR) is 121 cm³/mol. The molecule has 2 aliphatic heterocycles. The quantitative estimate of drug-likeness (QED) is 0.506. The topological polar surface area (TPSA) is 99.4 Å². The van der Waals surface area contributed by atoms with Crippen molar-refractivity contribution < 1.29 is 29.9 Å². The highest BCUT2D eigenvalue weighted by molar-refractivity contribution is 8.00. The number of aliphatic hydroxyl groups is 4. The summed E-state index contributed by atoms with van der Waals surface area (Å²) in [5, 5.41) is 42.0. The monoisotopic (exact) mass is 478 g/mol. The van der Waals surface area contributed by atoms with Gasteiger partial charge in [-0.1, -0.05) is 29.8 Å². The number of halogens is 1. The second kappa shape index (κ2) is 9.14. The molecular formula is C24H27ClO6S. The van der Waals surface area contributed by atoms with Crippen molar-refractivity contribution in [2.24, 2.45) is 0 Å². The predicted octanol–water partition coefficient (Wildman–Crippen LogP) is 2.64. The maximum atomic E-state index is 10.7. The molecule has 32 heavy (non-hydrogen) atoms. The Hall–Kier alpha value is -1.32. The van der Waals surface area contributed by atoms with E-state index in [-0.39, 0.29) is 0 Å². The van der Waals surface area contributed by atoms with E-state index in [0.717, 1.165) is 21.9 Å². The number of thioether (sulfide) groups is 1. The summed E-state index contributed by atoms with van der Waals surface area (Å²) in [4.78, 5) is 1.27. The summed E-state index contributed by atoms with van der Waals surface area (Å²) in [5.41, 5.74) is 3.44. The van der Waals surface area contributed by atoms with Crippen LogP contribution in [0.1, 0.15) is 41.2 Å². The van der Waals surface area contributed by atoms with E-state index < -0.39 is 37.1 Å².